The van der Waals surface area contributed by atoms with Gasteiger partial charge in [-0.1, -0.05) is 0 Å². The molecule has 2 nitrogen and oxygen atoms in total. The Kier molecular flexibility index (Phi) is 5.26. The minimum Gasteiger partial charge on any atom is -0.496 e. The Morgan fingerprint density at radius 3 is 2.54 bits per heavy atom. The van der Waals surface area contributed by atoms with Gasteiger partial charge in [-0.25, -0.2) is 0 Å². The number of halogens is 2. The van der Waals surface area contributed by atoms with Crippen LogP contribution in [-0.2, 0) is 4.74 Å². The SMILES string of the molecule is COC1=C(C)CN(CCl)C=C1C.Cl. The smallest absolute Gasteiger partial charge is 0.123 e. The first-order valence-electron chi connectivity index (χ1n) is 3.91. The maximum Gasteiger partial charge on any atom is 0.123 e. The van der Waals surface area contributed by atoms with Crippen LogP contribution in [0.4, 0.5) is 0 Å². The van der Waals surface area contributed by atoms with E-state index in [-0.39, 0.29) is 12.4 Å². The van der Waals surface area contributed by atoms with Crippen molar-refractivity contribution in [3.63, 3.8) is 0 Å². The molecule has 0 radical (unpaired) electrons. The standard InChI is InChI=1S/C9H14ClNO.ClH/c1-7-4-11(6-10)5-8(2)9(7)12-3;/h4H,5-6H2,1-3H3;1H. The highest BCUT2D eigenvalue weighted by molar-refractivity contribution is 6.17. The average molecular weight is 224 g/mol. The quantitative estimate of drug-likeness (QED) is 0.528. The van der Waals surface area contributed by atoms with Crippen molar-refractivity contribution in [3.05, 3.63) is 23.1 Å². The van der Waals surface area contributed by atoms with E-state index < -0.39 is 0 Å². The normalized spacial score (nSPS) is 16.6. The molecule has 4 heteroatoms. The van der Waals surface area contributed by atoms with Crippen molar-refractivity contribution in [2.75, 3.05) is 19.7 Å². The third-order valence-electron chi connectivity index (χ3n) is 1.92. The van der Waals surface area contributed by atoms with Crippen LogP contribution in [-0.4, -0.2) is 24.6 Å². The van der Waals surface area contributed by atoms with Crippen molar-refractivity contribution in [3.8, 4) is 0 Å². The Balaban J connectivity index is 0.00000144. The van der Waals surface area contributed by atoms with E-state index >= 15 is 0 Å². The molecule has 1 aliphatic rings. The molecule has 0 fully saturated rings. The molecule has 1 heterocycles. The van der Waals surface area contributed by atoms with E-state index in [1.54, 1.807) is 7.11 Å². The first-order valence-corrected chi connectivity index (χ1v) is 4.45. The lowest BCUT2D eigenvalue weighted by Gasteiger charge is -2.25. The van der Waals surface area contributed by atoms with E-state index in [4.69, 9.17) is 16.3 Å². The van der Waals surface area contributed by atoms with Gasteiger partial charge in [-0.2, -0.15) is 0 Å². The third-order valence-corrected chi connectivity index (χ3v) is 2.23. The third kappa shape index (κ3) is 2.82. The lowest BCUT2D eigenvalue weighted by Crippen LogP contribution is -2.23. The van der Waals surface area contributed by atoms with Crippen LogP contribution in [0.25, 0.3) is 0 Å². The van der Waals surface area contributed by atoms with E-state index in [0.717, 1.165) is 17.9 Å². The van der Waals surface area contributed by atoms with Gasteiger partial charge < -0.3 is 9.64 Å². The minimum atomic E-state index is 0. The number of allylic oxidation sites excluding steroid dienone is 1. The highest BCUT2D eigenvalue weighted by Crippen LogP contribution is 2.21. The number of ether oxygens (including phenoxy) is 1. The van der Waals surface area contributed by atoms with Crippen LogP contribution >= 0.6 is 24.0 Å². The van der Waals surface area contributed by atoms with Gasteiger partial charge in [0.15, 0.2) is 0 Å². The lowest BCUT2D eigenvalue weighted by atomic mass is 10.1. The van der Waals surface area contributed by atoms with Crippen LogP contribution in [0, 0.1) is 0 Å². The number of methoxy groups -OCH3 is 1. The maximum atomic E-state index is 5.72. The zero-order valence-electron chi connectivity index (χ0n) is 8.13. The monoisotopic (exact) mass is 223 g/mol. The molecule has 0 aromatic heterocycles. The lowest BCUT2D eigenvalue weighted by molar-refractivity contribution is 0.282. The highest BCUT2D eigenvalue weighted by atomic mass is 35.5. The second-order valence-corrected chi connectivity index (χ2v) is 3.23. The molecule has 0 saturated carbocycles. The number of rotatable bonds is 2. The van der Waals surface area contributed by atoms with Gasteiger partial charge in [-0.15, -0.1) is 24.0 Å². The van der Waals surface area contributed by atoms with Crippen LogP contribution in [0.1, 0.15) is 13.8 Å². The Morgan fingerprint density at radius 1 is 1.54 bits per heavy atom. The van der Waals surface area contributed by atoms with Gasteiger partial charge >= 0.3 is 0 Å². The zero-order valence-corrected chi connectivity index (χ0v) is 9.71. The largest absolute Gasteiger partial charge is 0.496 e. The summed E-state index contributed by atoms with van der Waals surface area (Å²) in [6, 6.07) is 0.533. The predicted molar refractivity (Wildman–Crippen MR) is 58.1 cm³/mol. The fraction of sp³-hybridized carbons (Fsp3) is 0.556. The second kappa shape index (κ2) is 5.40. The highest BCUT2D eigenvalue weighted by Gasteiger charge is 2.14. The van der Waals surface area contributed by atoms with E-state index in [9.17, 15) is 0 Å². The molecule has 13 heavy (non-hydrogen) atoms. The first-order chi connectivity index (χ1) is 5.69. The molecule has 1 aliphatic heterocycles. The van der Waals surface area contributed by atoms with E-state index in [1.807, 2.05) is 13.1 Å². The van der Waals surface area contributed by atoms with E-state index in [0.29, 0.717) is 6.00 Å². The van der Waals surface area contributed by atoms with Gasteiger partial charge in [-0.05, 0) is 19.4 Å². The summed E-state index contributed by atoms with van der Waals surface area (Å²) in [5.74, 6) is 0.997. The zero-order chi connectivity index (χ0) is 9.14. The topological polar surface area (TPSA) is 12.5 Å². The van der Waals surface area contributed by atoms with Gasteiger partial charge in [0.05, 0.1) is 13.1 Å². The summed E-state index contributed by atoms with van der Waals surface area (Å²) in [7, 11) is 1.70. The Hall–Kier alpha value is -0.340. The van der Waals surface area contributed by atoms with Gasteiger partial charge in [0.25, 0.3) is 0 Å². The molecule has 0 spiro atoms. The summed E-state index contributed by atoms with van der Waals surface area (Å²) < 4.78 is 5.25. The molecule has 0 atom stereocenters. The predicted octanol–water partition coefficient (Wildman–Crippen LogP) is 2.74. The Morgan fingerprint density at radius 2 is 2.15 bits per heavy atom. The molecular weight excluding hydrogens is 209 g/mol. The maximum absolute atomic E-state index is 5.72. The molecular formula is C9H15Cl2NO. The van der Waals surface area contributed by atoms with Crippen LogP contribution in [0.5, 0.6) is 0 Å². The molecule has 0 saturated heterocycles. The molecule has 0 bridgehead atoms. The molecule has 0 aliphatic carbocycles. The molecule has 0 N–H and O–H groups in total. The van der Waals surface area contributed by atoms with Crippen molar-refractivity contribution < 1.29 is 4.74 Å². The van der Waals surface area contributed by atoms with Gasteiger partial charge in [-0.3, -0.25) is 0 Å². The average Bonchev–Trinajstić information content (AvgIpc) is 2.03. The molecule has 76 valence electrons. The van der Waals surface area contributed by atoms with Crippen molar-refractivity contribution in [2.24, 2.45) is 0 Å². The summed E-state index contributed by atoms with van der Waals surface area (Å²) in [4.78, 5) is 2.05. The number of nitrogens with zero attached hydrogens (tertiary/aromatic N) is 1. The van der Waals surface area contributed by atoms with Crippen molar-refractivity contribution in [1.29, 1.82) is 0 Å². The minimum absolute atomic E-state index is 0. The first kappa shape index (κ1) is 12.7. The van der Waals surface area contributed by atoms with Crippen molar-refractivity contribution in [1.82, 2.24) is 4.90 Å². The van der Waals surface area contributed by atoms with Crippen molar-refractivity contribution >= 4 is 24.0 Å². The molecule has 0 aromatic rings. The fourth-order valence-corrected chi connectivity index (χ4v) is 1.66. The summed E-state index contributed by atoms with van der Waals surface area (Å²) in [5.41, 5.74) is 2.38. The Bertz CT molecular complexity index is 236. The van der Waals surface area contributed by atoms with E-state index in [1.165, 1.54) is 5.57 Å². The van der Waals surface area contributed by atoms with Crippen molar-refractivity contribution in [2.45, 2.75) is 13.8 Å². The molecule has 0 aromatic carbocycles. The van der Waals surface area contributed by atoms with Crippen LogP contribution < -0.4 is 0 Å². The number of hydrogen-bond donors (Lipinski definition) is 0. The van der Waals surface area contributed by atoms with Crippen LogP contribution in [0.3, 0.4) is 0 Å². The number of hydrogen-bond acceptors (Lipinski definition) is 2. The number of alkyl halides is 1. The summed E-state index contributed by atoms with van der Waals surface area (Å²) >= 11 is 5.72. The summed E-state index contributed by atoms with van der Waals surface area (Å²) in [6.45, 7) is 4.96. The summed E-state index contributed by atoms with van der Waals surface area (Å²) in [6.07, 6.45) is 2.03. The van der Waals surface area contributed by atoms with Gasteiger partial charge in [0, 0.05) is 18.3 Å². The summed E-state index contributed by atoms with van der Waals surface area (Å²) in [5, 5.41) is 0. The molecule has 1 rings (SSSR count). The van der Waals surface area contributed by atoms with E-state index in [2.05, 4.69) is 11.8 Å². The van der Waals surface area contributed by atoms with Gasteiger partial charge in [0.2, 0.25) is 0 Å². The van der Waals surface area contributed by atoms with Crippen LogP contribution in [0.15, 0.2) is 23.1 Å². The van der Waals surface area contributed by atoms with Crippen LogP contribution in [0.2, 0.25) is 0 Å². The molecule has 0 amide bonds. The Labute approximate surface area is 90.6 Å². The second-order valence-electron chi connectivity index (χ2n) is 2.99. The fourth-order valence-electron chi connectivity index (χ4n) is 1.50. The van der Waals surface area contributed by atoms with Gasteiger partial charge in [0.1, 0.15) is 5.76 Å². The molecule has 0 unspecified atom stereocenters.